The number of nitrogens with zero attached hydrogens (tertiary/aromatic N) is 2. The van der Waals surface area contributed by atoms with E-state index in [9.17, 15) is 19.8 Å². The standard InChI is InChI=1S/C24H46N2O6/c1-31-23(29)9-5-3-7-15-25(16-8-4-6-10-24(30)32-2)17-18-26(19-20-27)21-11-13-22(28)14-12-21/h21-22,27-28H,3-20H2,1-2H3. The zero-order chi connectivity index (χ0) is 23.6. The molecular formula is C24H46N2O6. The molecule has 1 rings (SSSR count). The summed E-state index contributed by atoms with van der Waals surface area (Å²) in [6.07, 6.45) is 10.2. The van der Waals surface area contributed by atoms with Crippen molar-refractivity contribution in [1.82, 2.24) is 9.80 Å². The number of hydrogen-bond acceptors (Lipinski definition) is 8. The molecule has 0 aliphatic heterocycles. The first kappa shape index (κ1) is 28.8. The van der Waals surface area contributed by atoms with Gasteiger partial charge in [-0.1, -0.05) is 12.8 Å². The molecule has 0 aromatic rings. The Bertz CT molecular complexity index is 471. The Morgan fingerprint density at radius 3 is 1.75 bits per heavy atom. The lowest BCUT2D eigenvalue weighted by Crippen LogP contribution is -2.45. The summed E-state index contributed by atoms with van der Waals surface area (Å²) in [5.74, 6) is -0.297. The average molecular weight is 459 g/mol. The Balaban J connectivity index is 2.45. The van der Waals surface area contributed by atoms with Crippen molar-refractivity contribution in [3.05, 3.63) is 0 Å². The second-order valence-electron chi connectivity index (χ2n) is 8.84. The Kier molecular flexibility index (Phi) is 16.4. The quantitative estimate of drug-likeness (QED) is 0.239. The van der Waals surface area contributed by atoms with Gasteiger partial charge in [-0.15, -0.1) is 0 Å². The fourth-order valence-corrected chi connectivity index (χ4v) is 4.40. The monoisotopic (exact) mass is 458 g/mol. The van der Waals surface area contributed by atoms with Crippen LogP contribution in [0.5, 0.6) is 0 Å². The number of carbonyl (C=O) groups is 2. The minimum Gasteiger partial charge on any atom is -0.469 e. The smallest absolute Gasteiger partial charge is 0.305 e. The summed E-state index contributed by atoms with van der Waals surface area (Å²) in [5, 5.41) is 19.3. The molecule has 0 bridgehead atoms. The van der Waals surface area contributed by atoms with Gasteiger partial charge in [-0.05, 0) is 64.5 Å². The highest BCUT2D eigenvalue weighted by atomic mass is 16.5. The zero-order valence-corrected chi connectivity index (χ0v) is 20.3. The van der Waals surface area contributed by atoms with Crippen LogP contribution < -0.4 is 0 Å². The van der Waals surface area contributed by atoms with Gasteiger partial charge in [0.1, 0.15) is 0 Å². The average Bonchev–Trinajstić information content (AvgIpc) is 2.80. The van der Waals surface area contributed by atoms with Gasteiger partial charge < -0.3 is 24.6 Å². The molecule has 0 saturated heterocycles. The number of aliphatic hydroxyl groups excluding tert-OH is 2. The van der Waals surface area contributed by atoms with Gasteiger partial charge in [0.25, 0.3) is 0 Å². The van der Waals surface area contributed by atoms with Gasteiger partial charge in [0, 0.05) is 38.5 Å². The van der Waals surface area contributed by atoms with Crippen molar-refractivity contribution in [2.45, 2.75) is 89.2 Å². The van der Waals surface area contributed by atoms with Crippen LogP contribution in [0.3, 0.4) is 0 Å². The van der Waals surface area contributed by atoms with E-state index in [0.717, 1.165) is 90.4 Å². The number of ether oxygens (including phenoxy) is 2. The number of hydrogen-bond donors (Lipinski definition) is 2. The van der Waals surface area contributed by atoms with Crippen LogP contribution in [0.4, 0.5) is 0 Å². The highest BCUT2D eigenvalue weighted by Crippen LogP contribution is 2.23. The summed E-state index contributed by atoms with van der Waals surface area (Å²) < 4.78 is 9.41. The number of unbranched alkanes of at least 4 members (excludes halogenated alkanes) is 4. The fraction of sp³-hybridized carbons (Fsp3) is 0.917. The first-order valence-electron chi connectivity index (χ1n) is 12.4. The summed E-state index contributed by atoms with van der Waals surface area (Å²) in [6.45, 7) is 4.63. The van der Waals surface area contributed by atoms with E-state index in [1.54, 1.807) is 0 Å². The Morgan fingerprint density at radius 2 is 1.28 bits per heavy atom. The van der Waals surface area contributed by atoms with E-state index >= 15 is 0 Å². The molecule has 0 atom stereocenters. The molecule has 1 saturated carbocycles. The molecule has 1 aliphatic carbocycles. The summed E-state index contributed by atoms with van der Waals surface area (Å²) in [7, 11) is 2.85. The number of carbonyl (C=O) groups excluding carboxylic acids is 2. The maximum Gasteiger partial charge on any atom is 0.305 e. The summed E-state index contributed by atoms with van der Waals surface area (Å²) in [4.78, 5) is 27.4. The molecule has 0 heterocycles. The molecule has 8 nitrogen and oxygen atoms in total. The minimum atomic E-state index is -0.172. The molecule has 0 radical (unpaired) electrons. The lowest BCUT2D eigenvalue weighted by atomic mass is 9.92. The van der Waals surface area contributed by atoms with E-state index in [1.807, 2.05) is 0 Å². The van der Waals surface area contributed by atoms with Crippen LogP contribution in [0.1, 0.15) is 77.0 Å². The summed E-state index contributed by atoms with van der Waals surface area (Å²) in [6, 6.07) is 0.438. The minimum absolute atomic E-state index is 0.148. The molecule has 188 valence electrons. The van der Waals surface area contributed by atoms with E-state index in [4.69, 9.17) is 9.47 Å². The van der Waals surface area contributed by atoms with E-state index in [1.165, 1.54) is 14.2 Å². The second kappa shape index (κ2) is 18.2. The van der Waals surface area contributed by atoms with Crippen molar-refractivity contribution < 1.29 is 29.3 Å². The van der Waals surface area contributed by atoms with Crippen LogP contribution in [0.25, 0.3) is 0 Å². The molecule has 2 N–H and O–H groups in total. The highest BCUT2D eigenvalue weighted by Gasteiger charge is 2.24. The van der Waals surface area contributed by atoms with Gasteiger partial charge >= 0.3 is 11.9 Å². The van der Waals surface area contributed by atoms with Crippen LogP contribution >= 0.6 is 0 Å². The lowest BCUT2D eigenvalue weighted by Gasteiger charge is -2.36. The zero-order valence-electron chi connectivity index (χ0n) is 20.3. The number of aliphatic hydroxyl groups is 2. The molecule has 1 fully saturated rings. The molecule has 0 unspecified atom stereocenters. The number of rotatable bonds is 18. The third kappa shape index (κ3) is 13.4. The van der Waals surface area contributed by atoms with E-state index in [2.05, 4.69) is 9.80 Å². The van der Waals surface area contributed by atoms with Crippen molar-refractivity contribution in [2.75, 3.05) is 53.6 Å². The largest absolute Gasteiger partial charge is 0.469 e. The molecule has 1 aliphatic rings. The second-order valence-corrected chi connectivity index (χ2v) is 8.84. The van der Waals surface area contributed by atoms with Gasteiger partial charge in [-0.25, -0.2) is 0 Å². The number of methoxy groups -OCH3 is 2. The van der Waals surface area contributed by atoms with Crippen LogP contribution in [-0.2, 0) is 19.1 Å². The van der Waals surface area contributed by atoms with Crippen molar-refractivity contribution in [1.29, 1.82) is 0 Å². The number of esters is 2. The maximum atomic E-state index is 11.3. The molecule has 0 aromatic heterocycles. The van der Waals surface area contributed by atoms with Crippen molar-refractivity contribution in [2.24, 2.45) is 0 Å². The van der Waals surface area contributed by atoms with Gasteiger partial charge in [0.05, 0.1) is 26.9 Å². The Hall–Kier alpha value is -1.22. The molecule has 0 amide bonds. The summed E-state index contributed by atoms with van der Waals surface area (Å²) >= 11 is 0. The lowest BCUT2D eigenvalue weighted by molar-refractivity contribution is -0.141. The maximum absolute atomic E-state index is 11.3. The molecule has 0 spiro atoms. The van der Waals surface area contributed by atoms with Crippen molar-refractivity contribution in [3.8, 4) is 0 Å². The molecule has 8 heteroatoms. The van der Waals surface area contributed by atoms with E-state index in [0.29, 0.717) is 25.4 Å². The van der Waals surface area contributed by atoms with E-state index < -0.39 is 0 Å². The Labute approximate surface area is 194 Å². The SMILES string of the molecule is COC(=O)CCCCCN(CCCCCC(=O)OC)CCN(CCO)C1CCC(O)CC1. The normalized spacial score (nSPS) is 18.8. The van der Waals surface area contributed by atoms with Gasteiger partial charge in [0.2, 0.25) is 0 Å². The van der Waals surface area contributed by atoms with Crippen LogP contribution in [0.2, 0.25) is 0 Å². The predicted molar refractivity (Wildman–Crippen MR) is 124 cm³/mol. The fourth-order valence-electron chi connectivity index (χ4n) is 4.40. The van der Waals surface area contributed by atoms with Crippen LogP contribution in [0, 0.1) is 0 Å². The molecule has 0 aromatic carbocycles. The Morgan fingerprint density at radius 1 is 0.750 bits per heavy atom. The van der Waals surface area contributed by atoms with Crippen LogP contribution in [-0.4, -0.2) is 97.6 Å². The first-order valence-corrected chi connectivity index (χ1v) is 12.4. The predicted octanol–water partition coefficient (Wildman–Crippen LogP) is 2.35. The molecule has 32 heavy (non-hydrogen) atoms. The van der Waals surface area contributed by atoms with Crippen LogP contribution in [0.15, 0.2) is 0 Å². The molecular weight excluding hydrogens is 412 g/mol. The topological polar surface area (TPSA) is 99.5 Å². The van der Waals surface area contributed by atoms with E-state index in [-0.39, 0.29) is 24.6 Å². The van der Waals surface area contributed by atoms with Crippen molar-refractivity contribution in [3.63, 3.8) is 0 Å². The third-order valence-corrected chi connectivity index (χ3v) is 6.44. The third-order valence-electron chi connectivity index (χ3n) is 6.44. The first-order chi connectivity index (χ1) is 15.5. The van der Waals surface area contributed by atoms with Crippen molar-refractivity contribution >= 4 is 11.9 Å². The van der Waals surface area contributed by atoms with Gasteiger partial charge in [-0.2, -0.15) is 0 Å². The van der Waals surface area contributed by atoms with Gasteiger partial charge in [0.15, 0.2) is 0 Å². The highest BCUT2D eigenvalue weighted by molar-refractivity contribution is 5.69. The van der Waals surface area contributed by atoms with Gasteiger partial charge in [-0.3, -0.25) is 14.5 Å². The summed E-state index contributed by atoms with van der Waals surface area (Å²) in [5.41, 5.74) is 0.